The van der Waals surface area contributed by atoms with Gasteiger partial charge in [0, 0.05) is 0 Å². The first-order valence-electron chi connectivity index (χ1n) is 14.7. The molecule has 3 aliphatic rings. The molecule has 1 aromatic carbocycles. The first-order valence-corrected chi connectivity index (χ1v) is 16.3. The Hall–Kier alpha value is -2.98. The number of fused-ring (bicyclic) bond motifs is 1. The summed E-state index contributed by atoms with van der Waals surface area (Å²) in [5, 5.41) is 7.04. The molecule has 11 nitrogen and oxygen atoms in total. The van der Waals surface area contributed by atoms with Crippen LogP contribution in [0.25, 0.3) is 5.52 Å². The monoisotopic (exact) mass is 597 g/mol. The molecule has 2 saturated carbocycles. The standard InChI is InChI=1S/C30H40N5O6P/c1-29(2,3)20-5-7-21(8-6-20)41-42(37,34-17-27(36)40-23-15-30(16-23)13-4-14-30)38-18-22-9-12-26(39-22)24-10-11-25-28(31)32-19-33-35(24)25/h5-8,10-11,19,22-23,26H,4,9,12-18H2,1-3H3,(H,34,37)(H2,31,32,33). The number of aromatic nitrogens is 3. The van der Waals surface area contributed by atoms with E-state index in [-0.39, 0.29) is 36.9 Å². The lowest BCUT2D eigenvalue weighted by molar-refractivity contribution is -0.166. The molecular formula is C30H40N5O6P. The van der Waals surface area contributed by atoms with Crippen molar-refractivity contribution in [2.24, 2.45) is 5.41 Å². The summed E-state index contributed by atoms with van der Waals surface area (Å²) in [5.74, 6) is 0.302. The maximum absolute atomic E-state index is 13.9. The second-order valence-electron chi connectivity index (χ2n) is 12.9. The van der Waals surface area contributed by atoms with Crippen LogP contribution in [0.5, 0.6) is 5.75 Å². The summed E-state index contributed by atoms with van der Waals surface area (Å²) in [6, 6.07) is 11.2. The summed E-state index contributed by atoms with van der Waals surface area (Å²) in [6.45, 7) is 6.08. The van der Waals surface area contributed by atoms with Gasteiger partial charge in [-0.2, -0.15) is 5.10 Å². The quantitative estimate of drug-likeness (QED) is 0.228. The lowest BCUT2D eigenvalue weighted by Crippen LogP contribution is -2.48. The van der Waals surface area contributed by atoms with E-state index in [1.54, 1.807) is 16.6 Å². The molecule has 3 fully saturated rings. The molecule has 42 heavy (non-hydrogen) atoms. The zero-order valence-corrected chi connectivity index (χ0v) is 25.3. The van der Waals surface area contributed by atoms with Crippen molar-refractivity contribution < 1.29 is 27.9 Å². The van der Waals surface area contributed by atoms with Crippen molar-refractivity contribution in [3.05, 3.63) is 54.0 Å². The number of hydrogen-bond donors (Lipinski definition) is 2. The summed E-state index contributed by atoms with van der Waals surface area (Å²) in [6.07, 6.45) is 7.72. The van der Waals surface area contributed by atoms with E-state index in [4.69, 9.17) is 24.3 Å². The van der Waals surface area contributed by atoms with E-state index in [2.05, 4.69) is 35.9 Å². The number of nitrogens with two attached hydrogens (primary N) is 1. The summed E-state index contributed by atoms with van der Waals surface area (Å²) < 4.78 is 39.3. The minimum Gasteiger partial charge on any atom is -0.461 e. The van der Waals surface area contributed by atoms with Crippen LogP contribution in [-0.2, 0) is 28.8 Å². The Labute approximate surface area is 246 Å². The molecule has 3 atom stereocenters. The van der Waals surface area contributed by atoms with Crippen molar-refractivity contribution in [2.45, 2.75) is 89.4 Å². The van der Waals surface area contributed by atoms with Gasteiger partial charge in [0.05, 0.1) is 18.4 Å². The highest BCUT2D eigenvalue weighted by atomic mass is 31.2. The van der Waals surface area contributed by atoms with Crippen molar-refractivity contribution in [3.63, 3.8) is 0 Å². The maximum Gasteiger partial charge on any atom is 0.459 e. The molecule has 12 heteroatoms. The Balaban J connectivity index is 1.09. The summed E-state index contributed by atoms with van der Waals surface area (Å²) in [7, 11) is -3.96. The van der Waals surface area contributed by atoms with Gasteiger partial charge >= 0.3 is 13.7 Å². The fourth-order valence-corrected chi connectivity index (χ4v) is 7.46. The zero-order chi connectivity index (χ0) is 29.5. The van der Waals surface area contributed by atoms with E-state index in [0.717, 1.165) is 30.5 Å². The molecule has 3 N–H and O–H groups in total. The number of carbonyl (C=O) groups is 1. The lowest BCUT2D eigenvalue weighted by Gasteiger charge is -2.53. The third kappa shape index (κ3) is 6.20. The first-order chi connectivity index (χ1) is 20.0. The third-order valence-electron chi connectivity index (χ3n) is 8.78. The number of ether oxygens (including phenoxy) is 2. The van der Waals surface area contributed by atoms with E-state index in [1.807, 2.05) is 24.3 Å². The number of nitrogen functional groups attached to an aromatic ring is 1. The molecule has 0 bridgehead atoms. The third-order valence-corrected chi connectivity index (χ3v) is 10.3. The van der Waals surface area contributed by atoms with Crippen molar-refractivity contribution >= 4 is 25.1 Å². The zero-order valence-electron chi connectivity index (χ0n) is 24.5. The number of benzene rings is 1. The molecule has 3 unspecified atom stereocenters. The molecule has 1 saturated heterocycles. The van der Waals surface area contributed by atoms with E-state index < -0.39 is 13.7 Å². The van der Waals surface area contributed by atoms with Crippen LogP contribution < -0.4 is 15.3 Å². The van der Waals surface area contributed by atoms with Crippen LogP contribution in [0.1, 0.15) is 83.1 Å². The second kappa shape index (κ2) is 11.3. The van der Waals surface area contributed by atoms with Gasteiger partial charge in [0.15, 0.2) is 5.82 Å². The smallest absolute Gasteiger partial charge is 0.459 e. The Bertz CT molecular complexity index is 1470. The van der Waals surface area contributed by atoms with Crippen molar-refractivity contribution in [1.82, 2.24) is 19.7 Å². The molecular weight excluding hydrogens is 557 g/mol. The Morgan fingerprint density at radius 2 is 1.93 bits per heavy atom. The molecule has 1 spiro atoms. The van der Waals surface area contributed by atoms with Crippen LogP contribution in [0.15, 0.2) is 42.7 Å². The molecule has 0 amide bonds. The van der Waals surface area contributed by atoms with E-state index >= 15 is 0 Å². The van der Waals surface area contributed by atoms with Gasteiger partial charge in [0.2, 0.25) is 0 Å². The van der Waals surface area contributed by atoms with Gasteiger partial charge in [-0.3, -0.25) is 9.32 Å². The number of nitrogens with one attached hydrogen (secondary N) is 1. The van der Waals surface area contributed by atoms with E-state index in [1.165, 1.54) is 25.6 Å². The number of rotatable bonds is 10. The number of anilines is 1. The molecule has 0 radical (unpaired) electrons. The summed E-state index contributed by atoms with van der Waals surface area (Å²) >= 11 is 0. The van der Waals surface area contributed by atoms with Gasteiger partial charge in [-0.25, -0.2) is 19.2 Å². The highest BCUT2D eigenvalue weighted by Crippen LogP contribution is 2.56. The molecule has 6 rings (SSSR count). The highest BCUT2D eigenvalue weighted by Gasteiger charge is 2.49. The molecule has 3 heterocycles. The van der Waals surface area contributed by atoms with Crippen LogP contribution >= 0.6 is 7.75 Å². The van der Waals surface area contributed by atoms with Crippen LogP contribution in [0, 0.1) is 5.41 Å². The lowest BCUT2D eigenvalue weighted by atomic mass is 9.55. The predicted octanol–water partition coefficient (Wildman–Crippen LogP) is 5.50. The van der Waals surface area contributed by atoms with Crippen molar-refractivity contribution in [2.75, 3.05) is 18.9 Å². The van der Waals surface area contributed by atoms with Gasteiger partial charge in [0.1, 0.15) is 36.3 Å². The highest BCUT2D eigenvalue weighted by molar-refractivity contribution is 7.52. The largest absolute Gasteiger partial charge is 0.461 e. The molecule has 226 valence electrons. The molecule has 2 aromatic heterocycles. The van der Waals surface area contributed by atoms with E-state index in [9.17, 15) is 9.36 Å². The normalized spacial score (nSPS) is 23.3. The first kappa shape index (κ1) is 29.1. The number of esters is 1. The van der Waals surface area contributed by atoms with Crippen LogP contribution in [0.4, 0.5) is 5.82 Å². The summed E-state index contributed by atoms with van der Waals surface area (Å²) in [4.78, 5) is 16.7. The Morgan fingerprint density at radius 3 is 2.62 bits per heavy atom. The molecule has 3 aromatic rings. The summed E-state index contributed by atoms with van der Waals surface area (Å²) in [5.41, 5.74) is 9.02. The van der Waals surface area contributed by atoms with E-state index in [0.29, 0.717) is 28.9 Å². The van der Waals surface area contributed by atoms with Crippen LogP contribution in [0.2, 0.25) is 0 Å². The topological polar surface area (TPSA) is 139 Å². The Morgan fingerprint density at radius 1 is 1.17 bits per heavy atom. The number of carbonyl (C=O) groups excluding carboxylic acids is 1. The predicted molar refractivity (Wildman–Crippen MR) is 157 cm³/mol. The second-order valence-corrected chi connectivity index (χ2v) is 14.6. The van der Waals surface area contributed by atoms with Crippen LogP contribution in [0.3, 0.4) is 0 Å². The minimum absolute atomic E-state index is 0.0154. The van der Waals surface area contributed by atoms with Crippen molar-refractivity contribution in [1.29, 1.82) is 0 Å². The van der Waals surface area contributed by atoms with Crippen LogP contribution in [-0.4, -0.2) is 45.9 Å². The molecule has 2 aliphatic carbocycles. The Kier molecular flexibility index (Phi) is 7.81. The average molecular weight is 598 g/mol. The van der Waals surface area contributed by atoms with Gasteiger partial charge in [-0.15, -0.1) is 0 Å². The number of nitrogens with zero attached hydrogens (tertiary/aromatic N) is 3. The number of hydrogen-bond acceptors (Lipinski definition) is 9. The van der Waals surface area contributed by atoms with Crippen molar-refractivity contribution in [3.8, 4) is 5.75 Å². The maximum atomic E-state index is 13.9. The average Bonchev–Trinajstić information content (AvgIpc) is 3.55. The fourth-order valence-electron chi connectivity index (χ4n) is 6.17. The molecule has 1 aliphatic heterocycles. The minimum atomic E-state index is -3.96. The van der Waals surface area contributed by atoms with Gasteiger partial charge in [-0.05, 0) is 79.2 Å². The van der Waals surface area contributed by atoms with Gasteiger partial charge in [-0.1, -0.05) is 39.3 Å². The fraction of sp³-hybridized carbons (Fsp3) is 0.567. The van der Waals surface area contributed by atoms with Gasteiger partial charge in [0.25, 0.3) is 0 Å². The van der Waals surface area contributed by atoms with Gasteiger partial charge < -0.3 is 19.7 Å². The SMILES string of the molecule is CC(C)(C)c1ccc(OP(=O)(NCC(=O)OC2CC3(CCC3)C2)OCC2CCC(c3ccc4c(N)ncnn34)O2)cc1.